The molecule has 12 aromatic rings. The molecule has 0 saturated carbocycles. The van der Waals surface area contributed by atoms with E-state index in [0.717, 1.165) is 17.1 Å². The number of anilines is 3. The zero-order chi connectivity index (χ0) is 42.5. The molecule has 0 bridgehead atoms. The van der Waals surface area contributed by atoms with E-state index in [-0.39, 0.29) is 5.41 Å². The highest BCUT2D eigenvalue weighted by Crippen LogP contribution is 2.53. The maximum atomic E-state index is 2.44. The SMILES string of the molecule is CC1(C)c2ccccc2-c2ccc(N(c3ccc(-c4c(-c5ccccc5)c5c6ccccc6sc5c5ccccc45)cc3)c3ccc(-c4cccc5c4sc4ccccc45)cc3)cc21. The van der Waals surface area contributed by atoms with E-state index < -0.39 is 0 Å². The Hall–Kier alpha value is -7.30. The molecule has 0 saturated heterocycles. The molecule has 0 unspecified atom stereocenters. The predicted octanol–water partition coefficient (Wildman–Crippen LogP) is 18.4. The summed E-state index contributed by atoms with van der Waals surface area (Å²) >= 11 is 3.79. The number of nitrogens with zero attached hydrogens (tertiary/aromatic N) is 1. The Balaban J connectivity index is 0.991. The number of rotatable bonds is 6. The Labute approximate surface area is 380 Å². The van der Waals surface area contributed by atoms with Crippen LogP contribution in [-0.4, -0.2) is 0 Å². The van der Waals surface area contributed by atoms with E-state index in [9.17, 15) is 0 Å². The Morgan fingerprint density at radius 1 is 0.344 bits per heavy atom. The molecule has 0 aliphatic heterocycles. The van der Waals surface area contributed by atoms with Crippen LogP contribution >= 0.6 is 22.7 Å². The average Bonchev–Trinajstić information content (AvgIpc) is 4.00. The van der Waals surface area contributed by atoms with Gasteiger partial charge in [0.15, 0.2) is 0 Å². The zero-order valence-corrected chi connectivity index (χ0v) is 37.1. The van der Waals surface area contributed by atoms with Gasteiger partial charge in [0.05, 0.1) is 0 Å². The maximum absolute atomic E-state index is 2.44. The number of fused-ring (bicyclic) bond motifs is 11. The van der Waals surface area contributed by atoms with E-state index in [1.54, 1.807) is 0 Å². The number of hydrogen-bond donors (Lipinski definition) is 0. The third-order valence-corrected chi connectivity index (χ3v) is 16.1. The van der Waals surface area contributed by atoms with Crippen LogP contribution in [0.25, 0.3) is 95.6 Å². The van der Waals surface area contributed by atoms with E-state index in [1.165, 1.54) is 107 Å². The fourth-order valence-electron chi connectivity index (χ4n) is 10.7. The lowest BCUT2D eigenvalue weighted by molar-refractivity contribution is 0.660. The molecule has 2 aromatic heterocycles. The molecule has 0 spiro atoms. The van der Waals surface area contributed by atoms with Crippen LogP contribution in [0, 0.1) is 0 Å². The summed E-state index contributed by atoms with van der Waals surface area (Å²) in [5.74, 6) is 0. The smallest absolute Gasteiger partial charge is 0.0465 e. The highest BCUT2D eigenvalue weighted by molar-refractivity contribution is 7.27. The molecule has 10 aromatic carbocycles. The van der Waals surface area contributed by atoms with E-state index in [2.05, 4.69) is 231 Å². The lowest BCUT2D eigenvalue weighted by Crippen LogP contribution is -2.16. The van der Waals surface area contributed by atoms with Crippen molar-refractivity contribution in [1.29, 1.82) is 0 Å². The summed E-state index contributed by atoms with van der Waals surface area (Å²) in [4.78, 5) is 2.44. The highest BCUT2D eigenvalue weighted by atomic mass is 32.1. The van der Waals surface area contributed by atoms with Crippen molar-refractivity contribution in [3.63, 3.8) is 0 Å². The summed E-state index contributed by atoms with van der Waals surface area (Å²) in [5.41, 5.74) is 16.2. The average molecular weight is 852 g/mol. The molecule has 302 valence electrons. The fourth-order valence-corrected chi connectivity index (χ4v) is 13.1. The molecular weight excluding hydrogens is 811 g/mol. The van der Waals surface area contributed by atoms with Crippen LogP contribution in [0.4, 0.5) is 17.1 Å². The van der Waals surface area contributed by atoms with Crippen LogP contribution < -0.4 is 4.90 Å². The summed E-state index contributed by atoms with van der Waals surface area (Å²) in [6, 6.07) is 79.0. The molecule has 0 fully saturated rings. The van der Waals surface area contributed by atoms with E-state index >= 15 is 0 Å². The van der Waals surface area contributed by atoms with Gasteiger partial charge in [0, 0.05) is 68.2 Å². The standard InChI is InChI=1S/C61H41NS2/c1-61(2)52-24-11-8-17-45(52)46-36-35-43(37-53(46)61)62(41-31-27-38(28-32-41)44-22-14-23-49-47-18-9-12-25-54(47)63-59(44)49)42-33-29-40(30-34-42)56-48-19-6-7-20-50(48)60-58(51-21-10-13-26-55(51)64-60)57(56)39-15-4-3-5-16-39/h3-37H,1-2H3. The lowest BCUT2D eigenvalue weighted by Gasteiger charge is -2.28. The molecule has 0 N–H and O–H groups in total. The van der Waals surface area contributed by atoms with Gasteiger partial charge in [0.2, 0.25) is 0 Å². The summed E-state index contributed by atoms with van der Waals surface area (Å²) in [6.07, 6.45) is 0. The molecule has 0 amide bonds. The number of hydrogen-bond acceptors (Lipinski definition) is 3. The van der Waals surface area contributed by atoms with Crippen LogP contribution in [0.5, 0.6) is 0 Å². The minimum atomic E-state index is -0.121. The molecule has 64 heavy (non-hydrogen) atoms. The third kappa shape index (κ3) is 5.61. The summed E-state index contributed by atoms with van der Waals surface area (Å²) < 4.78 is 5.32. The topological polar surface area (TPSA) is 3.24 Å². The normalized spacial score (nSPS) is 13.0. The second kappa shape index (κ2) is 14.4. The van der Waals surface area contributed by atoms with Gasteiger partial charge in [0.25, 0.3) is 0 Å². The van der Waals surface area contributed by atoms with Crippen LogP contribution in [0.15, 0.2) is 212 Å². The first-order chi connectivity index (χ1) is 31.5. The van der Waals surface area contributed by atoms with Gasteiger partial charge in [-0.15, -0.1) is 22.7 Å². The zero-order valence-electron chi connectivity index (χ0n) is 35.5. The van der Waals surface area contributed by atoms with Crippen molar-refractivity contribution in [2.75, 3.05) is 4.90 Å². The summed E-state index contributed by atoms with van der Waals surface area (Å²) in [6.45, 7) is 4.73. The van der Waals surface area contributed by atoms with E-state index in [4.69, 9.17) is 0 Å². The first-order valence-corrected chi connectivity index (χ1v) is 23.7. The molecule has 1 aliphatic carbocycles. The van der Waals surface area contributed by atoms with Crippen LogP contribution in [0.1, 0.15) is 25.0 Å². The fraction of sp³-hybridized carbons (Fsp3) is 0.0492. The van der Waals surface area contributed by atoms with Gasteiger partial charge in [-0.1, -0.05) is 178 Å². The first-order valence-electron chi connectivity index (χ1n) is 22.1. The van der Waals surface area contributed by atoms with Crippen LogP contribution in [0.2, 0.25) is 0 Å². The molecule has 1 aliphatic rings. The summed E-state index contributed by atoms with van der Waals surface area (Å²) in [5, 5.41) is 7.86. The molecule has 3 heteroatoms. The van der Waals surface area contributed by atoms with Gasteiger partial charge in [-0.2, -0.15) is 0 Å². The maximum Gasteiger partial charge on any atom is 0.0465 e. The van der Waals surface area contributed by atoms with Gasteiger partial charge in [0.1, 0.15) is 0 Å². The quantitative estimate of drug-likeness (QED) is 0.161. The minimum Gasteiger partial charge on any atom is -0.310 e. The van der Waals surface area contributed by atoms with Crippen molar-refractivity contribution < 1.29 is 0 Å². The van der Waals surface area contributed by atoms with Crippen molar-refractivity contribution >= 4 is 90.9 Å². The molecule has 2 heterocycles. The second-order valence-corrected chi connectivity index (χ2v) is 19.7. The first kappa shape index (κ1) is 37.3. The Bertz CT molecular complexity index is 3800. The van der Waals surface area contributed by atoms with Crippen molar-refractivity contribution in [3.05, 3.63) is 223 Å². The van der Waals surface area contributed by atoms with E-state index in [1.807, 2.05) is 22.7 Å². The van der Waals surface area contributed by atoms with Crippen molar-refractivity contribution in [1.82, 2.24) is 0 Å². The Morgan fingerprint density at radius 2 is 0.859 bits per heavy atom. The molecule has 0 radical (unpaired) electrons. The summed E-state index contributed by atoms with van der Waals surface area (Å²) in [7, 11) is 0. The number of benzene rings is 10. The molecular formula is C61H41NS2. The van der Waals surface area contributed by atoms with Crippen molar-refractivity contribution in [3.8, 4) is 44.5 Å². The van der Waals surface area contributed by atoms with Crippen LogP contribution in [-0.2, 0) is 5.41 Å². The Morgan fingerprint density at radius 3 is 1.62 bits per heavy atom. The monoisotopic (exact) mass is 851 g/mol. The third-order valence-electron chi connectivity index (χ3n) is 13.7. The number of thiophene rings is 2. The van der Waals surface area contributed by atoms with Gasteiger partial charge < -0.3 is 4.90 Å². The molecule has 0 atom stereocenters. The predicted molar refractivity (Wildman–Crippen MR) is 278 cm³/mol. The van der Waals surface area contributed by atoms with Gasteiger partial charge >= 0.3 is 0 Å². The van der Waals surface area contributed by atoms with E-state index in [0.29, 0.717) is 0 Å². The highest BCUT2D eigenvalue weighted by Gasteiger charge is 2.36. The lowest BCUT2D eigenvalue weighted by atomic mass is 9.82. The van der Waals surface area contributed by atoms with Gasteiger partial charge in [-0.25, -0.2) is 0 Å². The Kier molecular flexibility index (Phi) is 8.37. The van der Waals surface area contributed by atoms with Gasteiger partial charge in [-0.3, -0.25) is 0 Å². The molecule has 13 rings (SSSR count). The largest absolute Gasteiger partial charge is 0.310 e. The molecule has 1 nitrogen and oxygen atoms in total. The van der Waals surface area contributed by atoms with Crippen molar-refractivity contribution in [2.45, 2.75) is 19.3 Å². The minimum absolute atomic E-state index is 0.121. The van der Waals surface area contributed by atoms with Crippen LogP contribution in [0.3, 0.4) is 0 Å². The van der Waals surface area contributed by atoms with Gasteiger partial charge in [-0.05, 0) is 110 Å². The van der Waals surface area contributed by atoms with Crippen molar-refractivity contribution in [2.24, 2.45) is 0 Å². The second-order valence-electron chi connectivity index (χ2n) is 17.6.